The van der Waals surface area contributed by atoms with E-state index in [-0.39, 0.29) is 5.91 Å². The van der Waals surface area contributed by atoms with Gasteiger partial charge in [-0.3, -0.25) is 9.69 Å². The van der Waals surface area contributed by atoms with Gasteiger partial charge < -0.3 is 9.88 Å². The van der Waals surface area contributed by atoms with E-state index in [2.05, 4.69) is 21.8 Å². The molecule has 1 aliphatic heterocycles. The van der Waals surface area contributed by atoms with E-state index in [4.69, 9.17) is 4.98 Å². The number of carbonyl (C=O) groups is 1. The Bertz CT molecular complexity index is 937. The van der Waals surface area contributed by atoms with Crippen LogP contribution in [-0.4, -0.2) is 33.4 Å². The molecule has 134 valence electrons. The van der Waals surface area contributed by atoms with E-state index in [0.29, 0.717) is 5.56 Å². The van der Waals surface area contributed by atoms with Crippen molar-refractivity contribution in [2.75, 3.05) is 18.4 Å². The summed E-state index contributed by atoms with van der Waals surface area (Å²) in [6.45, 7) is 5.20. The third kappa shape index (κ3) is 3.35. The van der Waals surface area contributed by atoms with Crippen molar-refractivity contribution in [1.29, 1.82) is 0 Å². The van der Waals surface area contributed by atoms with Crippen LogP contribution >= 0.6 is 0 Å². The molecule has 1 aromatic heterocycles. The van der Waals surface area contributed by atoms with Gasteiger partial charge in [-0.15, -0.1) is 0 Å². The Morgan fingerprint density at radius 2 is 1.85 bits per heavy atom. The van der Waals surface area contributed by atoms with Gasteiger partial charge >= 0.3 is 0 Å². The highest BCUT2D eigenvalue weighted by Gasteiger charge is 2.16. The zero-order chi connectivity index (χ0) is 18.1. The number of imidazole rings is 1. The normalized spacial score (nSPS) is 14.8. The van der Waals surface area contributed by atoms with Crippen LogP contribution in [-0.2, 0) is 13.6 Å². The SMILES string of the molecule is Cc1ccc(C(=O)Nc2ccc3c(c2)nc(CN2CCCC2)n3C)cc1. The topological polar surface area (TPSA) is 50.2 Å². The Kier molecular flexibility index (Phi) is 4.47. The monoisotopic (exact) mass is 348 g/mol. The van der Waals surface area contributed by atoms with Crippen LogP contribution in [0.5, 0.6) is 0 Å². The van der Waals surface area contributed by atoms with Crippen molar-refractivity contribution in [3.05, 3.63) is 59.4 Å². The van der Waals surface area contributed by atoms with Crippen LogP contribution < -0.4 is 5.32 Å². The molecular formula is C21H24N4O. The maximum Gasteiger partial charge on any atom is 0.255 e. The summed E-state index contributed by atoms with van der Waals surface area (Å²) >= 11 is 0. The van der Waals surface area contributed by atoms with E-state index in [1.165, 1.54) is 12.8 Å². The summed E-state index contributed by atoms with van der Waals surface area (Å²) < 4.78 is 2.15. The second kappa shape index (κ2) is 6.92. The van der Waals surface area contributed by atoms with Gasteiger partial charge in [-0.05, 0) is 63.2 Å². The molecule has 0 saturated carbocycles. The van der Waals surface area contributed by atoms with E-state index in [1.54, 1.807) is 0 Å². The predicted molar refractivity (Wildman–Crippen MR) is 104 cm³/mol. The zero-order valence-corrected chi connectivity index (χ0v) is 15.3. The maximum absolute atomic E-state index is 12.4. The summed E-state index contributed by atoms with van der Waals surface area (Å²) in [5, 5.41) is 2.97. The number of benzene rings is 2. The highest BCUT2D eigenvalue weighted by molar-refractivity contribution is 6.05. The highest BCUT2D eigenvalue weighted by atomic mass is 16.1. The van der Waals surface area contributed by atoms with Crippen molar-refractivity contribution >= 4 is 22.6 Å². The van der Waals surface area contributed by atoms with Gasteiger partial charge in [0.25, 0.3) is 5.91 Å². The first-order valence-corrected chi connectivity index (χ1v) is 9.16. The molecule has 1 saturated heterocycles. The molecule has 0 aliphatic carbocycles. The number of rotatable bonds is 4. The lowest BCUT2D eigenvalue weighted by atomic mass is 10.1. The third-order valence-electron chi connectivity index (χ3n) is 5.11. The Morgan fingerprint density at radius 1 is 1.12 bits per heavy atom. The summed E-state index contributed by atoms with van der Waals surface area (Å²) in [6, 6.07) is 13.5. The van der Waals surface area contributed by atoms with Crippen molar-refractivity contribution in [2.45, 2.75) is 26.3 Å². The number of hydrogen-bond donors (Lipinski definition) is 1. The summed E-state index contributed by atoms with van der Waals surface area (Å²) in [5.41, 5.74) is 4.58. The second-order valence-electron chi connectivity index (χ2n) is 7.09. The maximum atomic E-state index is 12.4. The number of fused-ring (bicyclic) bond motifs is 1. The fourth-order valence-electron chi connectivity index (χ4n) is 3.52. The molecule has 1 aliphatic rings. The fraction of sp³-hybridized carbons (Fsp3) is 0.333. The molecule has 4 rings (SSSR count). The molecule has 0 spiro atoms. The van der Waals surface area contributed by atoms with Crippen LogP contribution in [0.2, 0.25) is 0 Å². The van der Waals surface area contributed by atoms with E-state index in [1.807, 2.05) is 49.4 Å². The number of likely N-dealkylation sites (tertiary alicyclic amines) is 1. The smallest absolute Gasteiger partial charge is 0.255 e. The van der Waals surface area contributed by atoms with Crippen LogP contribution in [0.1, 0.15) is 34.6 Å². The Labute approximate surface area is 153 Å². The van der Waals surface area contributed by atoms with Gasteiger partial charge in [0.05, 0.1) is 17.6 Å². The molecule has 2 aromatic carbocycles. The average molecular weight is 348 g/mol. The van der Waals surface area contributed by atoms with Gasteiger partial charge in [-0.1, -0.05) is 17.7 Å². The molecule has 26 heavy (non-hydrogen) atoms. The van der Waals surface area contributed by atoms with Crippen LogP contribution in [0.15, 0.2) is 42.5 Å². The minimum Gasteiger partial charge on any atom is -0.330 e. The number of carbonyl (C=O) groups excluding carboxylic acids is 1. The molecule has 5 heteroatoms. The van der Waals surface area contributed by atoms with E-state index in [0.717, 1.165) is 47.7 Å². The molecular weight excluding hydrogens is 324 g/mol. The van der Waals surface area contributed by atoms with Gasteiger partial charge in [-0.2, -0.15) is 0 Å². The summed E-state index contributed by atoms with van der Waals surface area (Å²) in [4.78, 5) is 19.7. The van der Waals surface area contributed by atoms with E-state index < -0.39 is 0 Å². The lowest BCUT2D eigenvalue weighted by molar-refractivity contribution is 0.102. The van der Waals surface area contributed by atoms with Gasteiger partial charge in [0.2, 0.25) is 0 Å². The first-order valence-electron chi connectivity index (χ1n) is 9.16. The number of aryl methyl sites for hydroxylation is 2. The van der Waals surface area contributed by atoms with Gasteiger partial charge in [0, 0.05) is 18.3 Å². The minimum atomic E-state index is -0.0995. The quantitative estimate of drug-likeness (QED) is 0.781. The molecule has 0 bridgehead atoms. The average Bonchev–Trinajstić information content (AvgIpc) is 3.24. The Hall–Kier alpha value is -2.66. The second-order valence-corrected chi connectivity index (χ2v) is 7.09. The Balaban J connectivity index is 1.55. The number of anilines is 1. The predicted octanol–water partition coefficient (Wildman–Crippen LogP) is 3.73. The van der Waals surface area contributed by atoms with Crippen molar-refractivity contribution in [3.63, 3.8) is 0 Å². The van der Waals surface area contributed by atoms with E-state index >= 15 is 0 Å². The van der Waals surface area contributed by atoms with Crippen LogP contribution in [0, 0.1) is 6.92 Å². The van der Waals surface area contributed by atoms with Crippen LogP contribution in [0.25, 0.3) is 11.0 Å². The molecule has 1 fully saturated rings. The number of aromatic nitrogens is 2. The van der Waals surface area contributed by atoms with Crippen molar-refractivity contribution in [1.82, 2.24) is 14.5 Å². The standard InChI is InChI=1S/C21H24N4O/c1-15-5-7-16(8-6-15)21(26)22-17-9-10-19-18(13-17)23-20(24(19)2)14-25-11-3-4-12-25/h5-10,13H,3-4,11-12,14H2,1-2H3,(H,22,26). The molecule has 5 nitrogen and oxygen atoms in total. The molecule has 1 N–H and O–H groups in total. The largest absolute Gasteiger partial charge is 0.330 e. The van der Waals surface area contributed by atoms with Gasteiger partial charge in [-0.25, -0.2) is 4.98 Å². The molecule has 2 heterocycles. The molecule has 0 radical (unpaired) electrons. The zero-order valence-electron chi connectivity index (χ0n) is 15.3. The van der Waals surface area contributed by atoms with Crippen LogP contribution in [0.4, 0.5) is 5.69 Å². The van der Waals surface area contributed by atoms with Crippen molar-refractivity contribution in [2.24, 2.45) is 7.05 Å². The van der Waals surface area contributed by atoms with Crippen molar-refractivity contribution in [3.8, 4) is 0 Å². The molecule has 3 aromatic rings. The Morgan fingerprint density at radius 3 is 2.58 bits per heavy atom. The first-order chi connectivity index (χ1) is 12.6. The highest BCUT2D eigenvalue weighted by Crippen LogP contribution is 2.22. The first kappa shape index (κ1) is 16.8. The number of nitrogens with one attached hydrogen (secondary N) is 1. The van der Waals surface area contributed by atoms with Gasteiger partial charge in [0.1, 0.15) is 5.82 Å². The van der Waals surface area contributed by atoms with Crippen molar-refractivity contribution < 1.29 is 4.79 Å². The molecule has 0 unspecified atom stereocenters. The summed E-state index contributed by atoms with van der Waals surface area (Å²) in [6.07, 6.45) is 2.55. The number of hydrogen-bond acceptors (Lipinski definition) is 3. The fourth-order valence-corrected chi connectivity index (χ4v) is 3.52. The molecule has 0 atom stereocenters. The van der Waals surface area contributed by atoms with E-state index in [9.17, 15) is 4.79 Å². The lowest BCUT2D eigenvalue weighted by Crippen LogP contribution is -2.20. The number of nitrogens with zero attached hydrogens (tertiary/aromatic N) is 3. The van der Waals surface area contributed by atoms with Gasteiger partial charge in [0.15, 0.2) is 0 Å². The third-order valence-corrected chi connectivity index (χ3v) is 5.11. The minimum absolute atomic E-state index is 0.0995. The summed E-state index contributed by atoms with van der Waals surface area (Å²) in [5.74, 6) is 0.974. The van der Waals surface area contributed by atoms with Crippen LogP contribution in [0.3, 0.4) is 0 Å². The number of amides is 1. The summed E-state index contributed by atoms with van der Waals surface area (Å²) in [7, 11) is 2.06. The lowest BCUT2D eigenvalue weighted by Gasteiger charge is -2.13. The molecule has 1 amide bonds.